The van der Waals surface area contributed by atoms with Crippen LogP contribution in [0.2, 0.25) is 0 Å². The SMILES string of the molecule is COC(=O)CC(C)(C)c1ccc(C(=O)c2ccccc2)c(C(=O)O)c1. The smallest absolute Gasteiger partial charge is 0.336 e. The third kappa shape index (κ3) is 4.12. The molecule has 0 atom stereocenters. The summed E-state index contributed by atoms with van der Waals surface area (Å²) < 4.78 is 4.70. The molecule has 0 amide bonds. The number of ether oxygens (including phenoxy) is 1. The standard InChI is InChI=1S/C20H20O5/c1-20(2,12-17(21)25-3)14-9-10-15(16(11-14)19(23)24)18(22)13-7-5-4-6-8-13/h4-11H,12H2,1-3H3,(H,23,24). The highest BCUT2D eigenvalue weighted by Crippen LogP contribution is 2.30. The maximum absolute atomic E-state index is 12.6. The molecule has 2 aromatic rings. The van der Waals surface area contributed by atoms with Crippen LogP contribution in [0.1, 0.15) is 52.1 Å². The van der Waals surface area contributed by atoms with E-state index in [1.54, 1.807) is 36.4 Å². The summed E-state index contributed by atoms with van der Waals surface area (Å²) in [6, 6.07) is 13.2. The van der Waals surface area contributed by atoms with E-state index in [1.807, 2.05) is 13.8 Å². The van der Waals surface area contributed by atoms with Gasteiger partial charge < -0.3 is 9.84 Å². The highest BCUT2D eigenvalue weighted by Gasteiger charge is 2.27. The Bertz CT molecular complexity index is 806. The molecule has 0 aliphatic rings. The van der Waals surface area contributed by atoms with Crippen molar-refractivity contribution in [3.8, 4) is 0 Å². The number of ketones is 1. The Balaban J connectivity index is 2.47. The van der Waals surface area contributed by atoms with Crippen molar-refractivity contribution in [1.82, 2.24) is 0 Å². The number of esters is 1. The molecule has 0 spiro atoms. The summed E-state index contributed by atoms with van der Waals surface area (Å²) in [4.78, 5) is 35.9. The lowest BCUT2D eigenvalue weighted by Crippen LogP contribution is -2.23. The number of rotatable bonds is 6. The maximum Gasteiger partial charge on any atom is 0.336 e. The first-order valence-electron chi connectivity index (χ1n) is 7.80. The van der Waals surface area contributed by atoms with Gasteiger partial charge in [-0.1, -0.05) is 50.2 Å². The van der Waals surface area contributed by atoms with Crippen molar-refractivity contribution in [2.24, 2.45) is 0 Å². The van der Waals surface area contributed by atoms with E-state index in [0.717, 1.165) is 0 Å². The number of methoxy groups -OCH3 is 1. The van der Waals surface area contributed by atoms with Crippen molar-refractivity contribution in [2.75, 3.05) is 7.11 Å². The first-order valence-corrected chi connectivity index (χ1v) is 7.80. The second kappa shape index (κ2) is 7.30. The number of hydrogen-bond acceptors (Lipinski definition) is 4. The number of hydrogen-bond donors (Lipinski definition) is 1. The molecule has 5 heteroatoms. The van der Waals surface area contributed by atoms with Crippen LogP contribution in [-0.2, 0) is 14.9 Å². The second-order valence-electron chi connectivity index (χ2n) is 6.40. The van der Waals surface area contributed by atoms with E-state index in [0.29, 0.717) is 11.1 Å². The Hall–Kier alpha value is -2.95. The van der Waals surface area contributed by atoms with Crippen molar-refractivity contribution in [3.05, 3.63) is 70.8 Å². The number of aromatic carboxylic acids is 1. The fourth-order valence-electron chi connectivity index (χ4n) is 2.62. The number of carboxylic acid groups (broad SMARTS) is 1. The minimum atomic E-state index is -1.19. The largest absolute Gasteiger partial charge is 0.478 e. The Morgan fingerprint density at radius 2 is 1.64 bits per heavy atom. The summed E-state index contributed by atoms with van der Waals surface area (Å²) in [5.41, 5.74) is 0.498. The van der Waals surface area contributed by atoms with E-state index < -0.39 is 11.4 Å². The van der Waals surface area contributed by atoms with Gasteiger partial charge in [0.1, 0.15) is 0 Å². The highest BCUT2D eigenvalue weighted by molar-refractivity contribution is 6.14. The monoisotopic (exact) mass is 340 g/mol. The zero-order valence-corrected chi connectivity index (χ0v) is 14.4. The third-order valence-corrected chi connectivity index (χ3v) is 4.13. The van der Waals surface area contributed by atoms with Crippen LogP contribution in [0, 0.1) is 0 Å². The molecule has 0 heterocycles. The molecule has 0 unspecified atom stereocenters. The molecule has 25 heavy (non-hydrogen) atoms. The van der Waals surface area contributed by atoms with Crippen molar-refractivity contribution in [2.45, 2.75) is 25.7 Å². The van der Waals surface area contributed by atoms with Gasteiger partial charge in [-0.2, -0.15) is 0 Å². The molecule has 0 radical (unpaired) electrons. The molecular weight excluding hydrogens is 320 g/mol. The van der Waals surface area contributed by atoms with Crippen LogP contribution in [0.15, 0.2) is 48.5 Å². The van der Waals surface area contributed by atoms with E-state index in [-0.39, 0.29) is 29.3 Å². The van der Waals surface area contributed by atoms with Crippen molar-refractivity contribution in [3.63, 3.8) is 0 Å². The average Bonchev–Trinajstić information content (AvgIpc) is 2.60. The number of carboxylic acids is 1. The summed E-state index contributed by atoms with van der Waals surface area (Å²) >= 11 is 0. The van der Waals surface area contributed by atoms with Crippen LogP contribution in [0.5, 0.6) is 0 Å². The molecule has 0 saturated carbocycles. The van der Waals surface area contributed by atoms with Gasteiger partial charge in [-0.25, -0.2) is 4.79 Å². The van der Waals surface area contributed by atoms with Gasteiger partial charge in [-0.15, -0.1) is 0 Å². The molecule has 2 rings (SSSR count). The van der Waals surface area contributed by atoms with Crippen LogP contribution in [0.25, 0.3) is 0 Å². The number of carbonyl (C=O) groups is 3. The zero-order valence-electron chi connectivity index (χ0n) is 14.4. The van der Waals surface area contributed by atoms with Crippen LogP contribution in [0.4, 0.5) is 0 Å². The van der Waals surface area contributed by atoms with E-state index in [4.69, 9.17) is 4.74 Å². The highest BCUT2D eigenvalue weighted by atomic mass is 16.5. The Kier molecular flexibility index (Phi) is 5.37. The normalized spacial score (nSPS) is 11.0. The molecule has 0 aliphatic heterocycles. The second-order valence-corrected chi connectivity index (χ2v) is 6.40. The lowest BCUT2D eigenvalue weighted by molar-refractivity contribution is -0.141. The molecule has 0 bridgehead atoms. The predicted octanol–water partition coefficient (Wildman–Crippen LogP) is 3.46. The Labute approximate surface area is 146 Å². The molecular formula is C20H20O5. The van der Waals surface area contributed by atoms with Crippen LogP contribution < -0.4 is 0 Å². The van der Waals surface area contributed by atoms with E-state index in [9.17, 15) is 19.5 Å². The molecule has 5 nitrogen and oxygen atoms in total. The van der Waals surface area contributed by atoms with Crippen LogP contribution >= 0.6 is 0 Å². The van der Waals surface area contributed by atoms with Gasteiger partial charge in [-0.05, 0) is 17.7 Å². The fourth-order valence-corrected chi connectivity index (χ4v) is 2.62. The summed E-state index contributed by atoms with van der Waals surface area (Å²) in [6.45, 7) is 3.65. The van der Waals surface area contributed by atoms with Crippen molar-refractivity contribution < 1.29 is 24.2 Å². The van der Waals surface area contributed by atoms with Crippen LogP contribution in [-0.4, -0.2) is 29.9 Å². The summed E-state index contributed by atoms with van der Waals surface area (Å²) in [6.07, 6.45) is 0.106. The maximum atomic E-state index is 12.6. The molecule has 0 aliphatic carbocycles. The van der Waals surface area contributed by atoms with E-state index >= 15 is 0 Å². The minimum Gasteiger partial charge on any atom is -0.478 e. The first-order chi connectivity index (χ1) is 11.8. The fraction of sp³-hybridized carbons (Fsp3) is 0.250. The van der Waals surface area contributed by atoms with E-state index in [1.165, 1.54) is 19.2 Å². The quantitative estimate of drug-likeness (QED) is 0.643. The molecule has 0 aromatic heterocycles. The first kappa shape index (κ1) is 18.4. The van der Waals surface area contributed by atoms with Gasteiger partial charge in [0.15, 0.2) is 5.78 Å². The number of benzene rings is 2. The average molecular weight is 340 g/mol. The minimum absolute atomic E-state index is 0.0794. The summed E-state index contributed by atoms with van der Waals surface area (Å²) in [5.74, 6) is -1.92. The Morgan fingerprint density at radius 1 is 1.00 bits per heavy atom. The lowest BCUT2D eigenvalue weighted by atomic mass is 9.80. The lowest BCUT2D eigenvalue weighted by Gasteiger charge is -2.24. The molecule has 0 fully saturated rings. The topological polar surface area (TPSA) is 80.7 Å². The summed E-state index contributed by atoms with van der Waals surface area (Å²) in [7, 11) is 1.31. The molecule has 1 N–H and O–H groups in total. The van der Waals surface area contributed by atoms with Gasteiger partial charge in [0, 0.05) is 16.5 Å². The zero-order chi connectivity index (χ0) is 18.6. The predicted molar refractivity (Wildman–Crippen MR) is 92.9 cm³/mol. The Morgan fingerprint density at radius 3 is 2.20 bits per heavy atom. The molecule has 130 valence electrons. The van der Waals surface area contributed by atoms with Gasteiger partial charge in [0.05, 0.1) is 19.1 Å². The van der Waals surface area contributed by atoms with Gasteiger partial charge in [0.25, 0.3) is 0 Å². The number of carbonyl (C=O) groups excluding carboxylic acids is 2. The van der Waals surface area contributed by atoms with Gasteiger partial charge >= 0.3 is 11.9 Å². The third-order valence-electron chi connectivity index (χ3n) is 4.13. The summed E-state index contributed by atoms with van der Waals surface area (Å²) in [5, 5.41) is 9.54. The van der Waals surface area contributed by atoms with Gasteiger partial charge in [0.2, 0.25) is 0 Å². The van der Waals surface area contributed by atoms with Gasteiger partial charge in [-0.3, -0.25) is 9.59 Å². The van der Waals surface area contributed by atoms with Crippen LogP contribution in [0.3, 0.4) is 0 Å². The van der Waals surface area contributed by atoms with Crippen molar-refractivity contribution in [1.29, 1.82) is 0 Å². The van der Waals surface area contributed by atoms with Crippen molar-refractivity contribution >= 4 is 17.7 Å². The molecule has 0 saturated heterocycles. The van der Waals surface area contributed by atoms with E-state index in [2.05, 4.69) is 0 Å². The molecule has 2 aromatic carbocycles.